The molecule has 0 aromatic carbocycles. The summed E-state index contributed by atoms with van der Waals surface area (Å²) in [6, 6.07) is 0. The Bertz CT molecular complexity index is 565. The molecule has 2 aliphatic heterocycles. The van der Waals surface area contributed by atoms with Crippen molar-refractivity contribution in [1.29, 1.82) is 0 Å². The minimum atomic E-state index is -0.580. The number of likely N-dealkylation sites (tertiary alicyclic amines) is 1. The molecule has 172 valence electrons. The first kappa shape index (κ1) is 28.2. The third kappa shape index (κ3) is 8.09. The lowest BCUT2D eigenvalue weighted by atomic mass is 9.89. The van der Waals surface area contributed by atoms with Crippen LogP contribution in [-0.2, 0) is 9.53 Å². The summed E-state index contributed by atoms with van der Waals surface area (Å²) >= 11 is 0. The second-order valence-electron chi connectivity index (χ2n) is 11.5. The number of nitrogens with zero attached hydrogens (tertiary/aromatic N) is 1. The maximum Gasteiger partial charge on any atom is 0.417 e. The third-order valence-corrected chi connectivity index (χ3v) is 5.80. The van der Waals surface area contributed by atoms with Crippen molar-refractivity contribution >= 4 is 24.4 Å². The fourth-order valence-electron chi connectivity index (χ4n) is 4.03. The lowest BCUT2D eigenvalue weighted by molar-refractivity contribution is -0.133. The van der Waals surface area contributed by atoms with E-state index in [-0.39, 0.29) is 30.2 Å². The van der Waals surface area contributed by atoms with Crippen molar-refractivity contribution in [3.63, 3.8) is 0 Å². The number of nitrogens with one attached hydrogen (secondary N) is 1. The summed E-state index contributed by atoms with van der Waals surface area (Å²) in [5.41, 5.74) is -0.646. The van der Waals surface area contributed by atoms with Gasteiger partial charge >= 0.3 is 6.09 Å². The number of halogens is 1. The van der Waals surface area contributed by atoms with Gasteiger partial charge < -0.3 is 10.1 Å². The molecule has 2 saturated heterocycles. The largest absolute Gasteiger partial charge is 0.443 e. The fourth-order valence-corrected chi connectivity index (χ4v) is 4.03. The van der Waals surface area contributed by atoms with Gasteiger partial charge in [-0.3, -0.25) is 4.79 Å². The Labute approximate surface area is 185 Å². The lowest BCUT2D eigenvalue weighted by Crippen LogP contribution is -2.47. The molecule has 0 radical (unpaired) electrons. The molecule has 2 heterocycles. The van der Waals surface area contributed by atoms with Gasteiger partial charge in [-0.05, 0) is 85.6 Å². The molecule has 0 aromatic heterocycles. The number of carbonyl (C=O) groups excluding carboxylic acids is 2. The van der Waals surface area contributed by atoms with E-state index in [4.69, 9.17) is 4.74 Å². The van der Waals surface area contributed by atoms with Crippen molar-refractivity contribution in [3.05, 3.63) is 0 Å². The molecule has 0 aliphatic carbocycles. The second kappa shape index (κ2) is 10.00. The molecule has 0 spiro atoms. The molecule has 2 aliphatic rings. The van der Waals surface area contributed by atoms with Crippen molar-refractivity contribution in [2.45, 2.75) is 106 Å². The number of amides is 2. The molecule has 0 bridgehead atoms. The minimum absolute atomic E-state index is 0. The summed E-state index contributed by atoms with van der Waals surface area (Å²) in [5, 5.41) is 3.53. The summed E-state index contributed by atoms with van der Waals surface area (Å²) in [6.07, 6.45) is 1.51. The molecule has 2 fully saturated rings. The van der Waals surface area contributed by atoms with E-state index in [0.29, 0.717) is 12.0 Å². The zero-order valence-corrected chi connectivity index (χ0v) is 21.3. The predicted molar refractivity (Wildman–Crippen MR) is 122 cm³/mol. The number of imide groups is 1. The summed E-state index contributed by atoms with van der Waals surface area (Å²) in [5.74, 6) is 1.78. The van der Waals surface area contributed by atoms with Gasteiger partial charge in [-0.25, -0.2) is 9.69 Å². The van der Waals surface area contributed by atoms with Crippen molar-refractivity contribution in [2.24, 2.45) is 23.7 Å². The van der Waals surface area contributed by atoms with Crippen molar-refractivity contribution in [1.82, 2.24) is 10.2 Å². The number of hydrogen-bond acceptors (Lipinski definition) is 4. The molecule has 0 aromatic rings. The third-order valence-electron chi connectivity index (χ3n) is 5.80. The van der Waals surface area contributed by atoms with Gasteiger partial charge in [-0.2, -0.15) is 0 Å². The zero-order chi connectivity index (χ0) is 22.1. The van der Waals surface area contributed by atoms with Crippen LogP contribution in [0, 0.1) is 23.7 Å². The summed E-state index contributed by atoms with van der Waals surface area (Å²) in [6.45, 7) is 23.7. The molecule has 0 saturated carbocycles. The average Bonchev–Trinajstić information content (AvgIpc) is 2.94. The van der Waals surface area contributed by atoms with E-state index >= 15 is 0 Å². The van der Waals surface area contributed by atoms with Gasteiger partial charge in [-0.15, -0.1) is 12.4 Å². The maximum absolute atomic E-state index is 12.3. The molecule has 29 heavy (non-hydrogen) atoms. The zero-order valence-electron chi connectivity index (χ0n) is 20.5. The van der Waals surface area contributed by atoms with Gasteiger partial charge in [0.15, 0.2) is 0 Å². The highest BCUT2D eigenvalue weighted by molar-refractivity contribution is 5.96. The normalized spacial score (nSPS) is 25.6. The molecular formula is C23H45ClN2O3. The maximum atomic E-state index is 12.3. The Morgan fingerprint density at radius 1 is 1.07 bits per heavy atom. The van der Waals surface area contributed by atoms with Crippen LogP contribution in [0.3, 0.4) is 0 Å². The Balaban J connectivity index is 0.000000606. The van der Waals surface area contributed by atoms with Crippen LogP contribution in [-0.4, -0.2) is 40.1 Å². The first-order valence-corrected chi connectivity index (χ1v) is 10.8. The minimum Gasteiger partial charge on any atom is -0.443 e. The van der Waals surface area contributed by atoms with Crippen LogP contribution in [0.1, 0.15) is 89.0 Å². The lowest BCUT2D eigenvalue weighted by Gasteiger charge is -2.31. The van der Waals surface area contributed by atoms with Gasteiger partial charge in [0.05, 0.1) is 0 Å². The van der Waals surface area contributed by atoms with Crippen LogP contribution in [0.25, 0.3) is 0 Å². The summed E-state index contributed by atoms with van der Waals surface area (Å²) in [7, 11) is 0. The first-order valence-electron chi connectivity index (χ1n) is 10.8. The Hall–Kier alpha value is -0.810. The van der Waals surface area contributed by atoms with Crippen molar-refractivity contribution < 1.29 is 14.3 Å². The molecule has 2 rings (SSSR count). The van der Waals surface area contributed by atoms with Gasteiger partial charge in [0.2, 0.25) is 5.91 Å². The van der Waals surface area contributed by atoms with E-state index in [0.717, 1.165) is 11.8 Å². The van der Waals surface area contributed by atoms with E-state index in [1.165, 1.54) is 17.9 Å². The first-order chi connectivity index (χ1) is 12.5. The van der Waals surface area contributed by atoms with Crippen LogP contribution in [0.4, 0.5) is 4.79 Å². The molecule has 1 N–H and O–H groups in total. The van der Waals surface area contributed by atoms with E-state index in [1.54, 1.807) is 20.8 Å². The van der Waals surface area contributed by atoms with Gasteiger partial charge in [0.25, 0.3) is 0 Å². The number of rotatable bonds is 2. The Morgan fingerprint density at radius 2 is 1.59 bits per heavy atom. The van der Waals surface area contributed by atoms with E-state index in [2.05, 4.69) is 33.0 Å². The summed E-state index contributed by atoms with van der Waals surface area (Å²) in [4.78, 5) is 25.7. The SMILES string of the molecule is CC(C)C1CC(C)(C)N(C(=O)OC(C)(C)C)C1=O.CC(C)C1CNC(C)(C)C1.Cl. The average molecular weight is 433 g/mol. The van der Waals surface area contributed by atoms with E-state index in [1.807, 2.05) is 27.7 Å². The molecule has 2 atom stereocenters. The number of ether oxygens (including phenoxy) is 1. The second-order valence-corrected chi connectivity index (χ2v) is 11.5. The van der Waals surface area contributed by atoms with E-state index in [9.17, 15) is 9.59 Å². The predicted octanol–water partition coefficient (Wildman–Crippen LogP) is 5.66. The number of hydrogen-bond donors (Lipinski definition) is 1. The highest BCUT2D eigenvalue weighted by Crippen LogP contribution is 2.38. The van der Waals surface area contributed by atoms with Gasteiger partial charge in [0.1, 0.15) is 5.60 Å². The molecule has 6 heteroatoms. The van der Waals surface area contributed by atoms with Crippen LogP contribution >= 0.6 is 12.4 Å². The van der Waals surface area contributed by atoms with Crippen LogP contribution in [0.15, 0.2) is 0 Å². The molecular weight excluding hydrogens is 388 g/mol. The highest BCUT2D eigenvalue weighted by atomic mass is 35.5. The highest BCUT2D eigenvalue weighted by Gasteiger charge is 2.50. The van der Waals surface area contributed by atoms with E-state index < -0.39 is 17.2 Å². The van der Waals surface area contributed by atoms with Crippen LogP contribution in [0.5, 0.6) is 0 Å². The number of carbonyl (C=O) groups is 2. The Kier molecular flexibility index (Phi) is 9.72. The van der Waals surface area contributed by atoms with Crippen molar-refractivity contribution in [2.75, 3.05) is 6.54 Å². The summed E-state index contributed by atoms with van der Waals surface area (Å²) < 4.78 is 5.32. The van der Waals surface area contributed by atoms with Gasteiger partial charge in [0, 0.05) is 17.0 Å². The molecule has 2 amide bonds. The molecule has 2 unspecified atom stereocenters. The topological polar surface area (TPSA) is 58.6 Å². The fraction of sp³-hybridized carbons (Fsp3) is 0.913. The van der Waals surface area contributed by atoms with Gasteiger partial charge in [-0.1, -0.05) is 27.7 Å². The Morgan fingerprint density at radius 3 is 1.86 bits per heavy atom. The van der Waals surface area contributed by atoms with Crippen LogP contribution < -0.4 is 5.32 Å². The van der Waals surface area contributed by atoms with Crippen LogP contribution in [0.2, 0.25) is 0 Å². The quantitative estimate of drug-likeness (QED) is 0.611. The van der Waals surface area contributed by atoms with Crippen molar-refractivity contribution in [3.8, 4) is 0 Å². The molecule has 5 nitrogen and oxygen atoms in total. The standard InChI is InChI=1S/C14H25NO3.C9H19N.ClH/c1-9(2)10-8-14(6,7)15(11(10)16)12(17)18-13(3,4)5;1-7(2)8-5-9(3,4)10-6-8;/h9-10H,8H2,1-7H3;7-8,10H,5-6H2,1-4H3;1H. The monoisotopic (exact) mass is 432 g/mol. The smallest absolute Gasteiger partial charge is 0.417 e.